The molecule has 5 nitrogen and oxygen atoms in total. The number of hydrogen-bond donors (Lipinski definition) is 2. The number of guanidine groups is 1. The molecule has 0 aliphatic carbocycles. The van der Waals surface area contributed by atoms with Crippen LogP contribution in [0.25, 0.3) is 0 Å². The third kappa shape index (κ3) is 7.54. The van der Waals surface area contributed by atoms with Gasteiger partial charge in [-0.3, -0.25) is 0 Å². The summed E-state index contributed by atoms with van der Waals surface area (Å²) in [5, 5.41) is 7.42. The van der Waals surface area contributed by atoms with Crippen LogP contribution in [0.2, 0.25) is 0 Å². The molecule has 0 radical (unpaired) electrons. The second kappa shape index (κ2) is 13.0. The molecule has 1 saturated heterocycles. The van der Waals surface area contributed by atoms with E-state index in [9.17, 15) is 0 Å². The fourth-order valence-corrected chi connectivity index (χ4v) is 3.78. The highest BCUT2D eigenvalue weighted by Crippen LogP contribution is 2.28. The number of halogens is 1. The average molecular weight is 489 g/mol. The molecule has 1 aliphatic heterocycles. The van der Waals surface area contributed by atoms with Gasteiger partial charge in [0.05, 0.1) is 13.7 Å². The first-order chi connectivity index (χ1) is 12.3. The van der Waals surface area contributed by atoms with E-state index in [0.29, 0.717) is 23.3 Å². The van der Waals surface area contributed by atoms with E-state index < -0.39 is 0 Å². The Morgan fingerprint density at radius 3 is 2.88 bits per heavy atom. The van der Waals surface area contributed by atoms with Crippen LogP contribution >= 0.6 is 35.7 Å². The molecule has 1 aromatic carbocycles. The number of ether oxygens (including phenoxy) is 2. The normalized spacial score (nSPS) is 16.3. The van der Waals surface area contributed by atoms with Gasteiger partial charge in [-0.05, 0) is 43.2 Å². The second-order valence-electron chi connectivity index (χ2n) is 5.69. The van der Waals surface area contributed by atoms with E-state index in [1.165, 1.54) is 18.6 Å². The first-order valence-corrected chi connectivity index (χ1v) is 9.68. The van der Waals surface area contributed by atoms with Crippen molar-refractivity contribution in [2.75, 3.05) is 32.6 Å². The van der Waals surface area contributed by atoms with Crippen molar-refractivity contribution < 1.29 is 9.47 Å². The molecule has 1 heterocycles. The molecule has 1 fully saturated rings. The highest BCUT2D eigenvalue weighted by Gasteiger charge is 2.15. The lowest BCUT2D eigenvalue weighted by molar-refractivity contribution is 0.330. The minimum absolute atomic E-state index is 0. The molecular formula is C19H28IN3O2S. The Balaban J connectivity index is 0.00000338. The van der Waals surface area contributed by atoms with Gasteiger partial charge < -0.3 is 20.1 Å². The predicted octanol–water partition coefficient (Wildman–Crippen LogP) is 3.28. The van der Waals surface area contributed by atoms with Crippen LogP contribution in [0.15, 0.2) is 23.2 Å². The van der Waals surface area contributed by atoms with Gasteiger partial charge >= 0.3 is 0 Å². The first-order valence-electron chi connectivity index (χ1n) is 8.63. The second-order valence-corrected chi connectivity index (χ2v) is 7.10. The summed E-state index contributed by atoms with van der Waals surface area (Å²) >= 11 is 2.04. The summed E-state index contributed by atoms with van der Waals surface area (Å²) in [5.74, 6) is 5.90. The highest BCUT2D eigenvalue weighted by atomic mass is 127. The summed E-state index contributed by atoms with van der Waals surface area (Å²) in [7, 11) is 1.62. The van der Waals surface area contributed by atoms with Crippen molar-refractivity contribution in [3.63, 3.8) is 0 Å². The molecule has 144 valence electrons. The molecule has 7 heteroatoms. The van der Waals surface area contributed by atoms with Gasteiger partial charge in [-0.1, -0.05) is 12.0 Å². The maximum Gasteiger partial charge on any atom is 0.191 e. The van der Waals surface area contributed by atoms with Crippen molar-refractivity contribution in [2.24, 2.45) is 4.99 Å². The van der Waals surface area contributed by atoms with Crippen LogP contribution in [-0.4, -0.2) is 43.8 Å². The number of thioether (sulfide) groups is 1. The molecule has 0 aromatic heterocycles. The monoisotopic (exact) mass is 489 g/mol. The lowest BCUT2D eigenvalue weighted by atomic mass is 10.2. The van der Waals surface area contributed by atoms with Crippen molar-refractivity contribution >= 4 is 41.7 Å². The number of aliphatic imine (C=N–C) groups is 1. The van der Waals surface area contributed by atoms with Gasteiger partial charge in [-0.2, -0.15) is 11.8 Å². The molecule has 1 aliphatic rings. The Morgan fingerprint density at radius 1 is 1.38 bits per heavy atom. The van der Waals surface area contributed by atoms with Crippen LogP contribution in [-0.2, 0) is 6.54 Å². The molecule has 1 atom stereocenters. The summed E-state index contributed by atoms with van der Waals surface area (Å²) in [4.78, 5) is 4.67. The van der Waals surface area contributed by atoms with Gasteiger partial charge in [0, 0.05) is 18.3 Å². The van der Waals surface area contributed by atoms with E-state index in [0.717, 1.165) is 24.6 Å². The third-order valence-electron chi connectivity index (χ3n) is 3.82. The van der Waals surface area contributed by atoms with E-state index in [1.807, 2.05) is 30.0 Å². The van der Waals surface area contributed by atoms with Gasteiger partial charge in [-0.25, -0.2) is 4.99 Å². The Hall–Kier alpha value is -1.27. The molecule has 0 bridgehead atoms. The molecule has 2 rings (SSSR count). The van der Waals surface area contributed by atoms with Crippen LogP contribution in [0, 0.1) is 12.3 Å². The van der Waals surface area contributed by atoms with Gasteiger partial charge in [0.25, 0.3) is 0 Å². The van der Waals surface area contributed by atoms with Crippen molar-refractivity contribution in [3.8, 4) is 23.8 Å². The fraction of sp³-hybridized carbons (Fsp3) is 0.526. The van der Waals surface area contributed by atoms with Crippen molar-refractivity contribution in [1.82, 2.24) is 10.6 Å². The topological polar surface area (TPSA) is 54.9 Å². The first kappa shape index (κ1) is 22.8. The molecule has 0 spiro atoms. The maximum atomic E-state index is 5.54. The van der Waals surface area contributed by atoms with E-state index in [1.54, 1.807) is 7.11 Å². The molecular weight excluding hydrogens is 461 g/mol. The predicted molar refractivity (Wildman–Crippen MR) is 121 cm³/mol. The number of methoxy groups -OCH3 is 1. The molecule has 1 unspecified atom stereocenters. The SMILES string of the molecule is C#CCOc1cc(CN=C(NCC)NCC2CCCS2)ccc1OC.I. The molecule has 0 amide bonds. The van der Waals surface area contributed by atoms with E-state index in [2.05, 4.69) is 28.5 Å². The Bertz CT molecular complexity index is 613. The summed E-state index contributed by atoms with van der Waals surface area (Å²) in [5.41, 5.74) is 1.04. The highest BCUT2D eigenvalue weighted by molar-refractivity contribution is 14.0. The van der Waals surface area contributed by atoms with Crippen LogP contribution < -0.4 is 20.1 Å². The van der Waals surface area contributed by atoms with Crippen LogP contribution in [0.5, 0.6) is 11.5 Å². The van der Waals surface area contributed by atoms with E-state index >= 15 is 0 Å². The summed E-state index contributed by atoms with van der Waals surface area (Å²) < 4.78 is 10.8. The zero-order chi connectivity index (χ0) is 17.9. The van der Waals surface area contributed by atoms with Gasteiger partial charge in [0.2, 0.25) is 0 Å². The molecule has 0 saturated carbocycles. The smallest absolute Gasteiger partial charge is 0.191 e. The van der Waals surface area contributed by atoms with Crippen molar-refractivity contribution in [1.29, 1.82) is 0 Å². The number of hydrogen-bond acceptors (Lipinski definition) is 4. The molecule has 2 N–H and O–H groups in total. The van der Waals surface area contributed by atoms with Crippen LogP contribution in [0.4, 0.5) is 0 Å². The van der Waals surface area contributed by atoms with E-state index in [-0.39, 0.29) is 30.6 Å². The van der Waals surface area contributed by atoms with Crippen molar-refractivity contribution in [2.45, 2.75) is 31.6 Å². The Labute approximate surface area is 178 Å². The number of benzene rings is 1. The summed E-state index contributed by atoms with van der Waals surface area (Å²) in [6.07, 6.45) is 7.87. The number of nitrogens with one attached hydrogen (secondary N) is 2. The fourth-order valence-electron chi connectivity index (χ4n) is 2.58. The lowest BCUT2D eigenvalue weighted by Gasteiger charge is -2.15. The van der Waals surface area contributed by atoms with Gasteiger partial charge in [-0.15, -0.1) is 30.4 Å². The average Bonchev–Trinajstić information content (AvgIpc) is 3.16. The number of rotatable bonds is 8. The summed E-state index contributed by atoms with van der Waals surface area (Å²) in [6.45, 7) is 4.63. The molecule has 26 heavy (non-hydrogen) atoms. The Kier molecular flexibility index (Phi) is 11.4. The minimum atomic E-state index is 0. The zero-order valence-electron chi connectivity index (χ0n) is 15.4. The number of terminal acetylenes is 1. The largest absolute Gasteiger partial charge is 0.493 e. The quantitative estimate of drug-likeness (QED) is 0.254. The lowest BCUT2D eigenvalue weighted by Crippen LogP contribution is -2.40. The standard InChI is InChI=1S/C19H27N3O2S.HI/c1-4-10-24-18-12-15(8-9-17(18)23-3)13-21-19(20-5-2)22-14-16-7-6-11-25-16;/h1,8-9,12,16H,5-7,10-11,13-14H2,2-3H3,(H2,20,21,22);1H. The van der Waals surface area contributed by atoms with Crippen molar-refractivity contribution in [3.05, 3.63) is 23.8 Å². The summed E-state index contributed by atoms with van der Waals surface area (Å²) in [6, 6.07) is 5.80. The number of nitrogens with zero attached hydrogens (tertiary/aromatic N) is 1. The maximum absolute atomic E-state index is 5.54. The van der Waals surface area contributed by atoms with Gasteiger partial charge in [0.15, 0.2) is 17.5 Å². The third-order valence-corrected chi connectivity index (χ3v) is 5.22. The minimum Gasteiger partial charge on any atom is -0.493 e. The molecule has 1 aromatic rings. The van der Waals surface area contributed by atoms with E-state index in [4.69, 9.17) is 15.9 Å². The van der Waals surface area contributed by atoms with Crippen LogP contribution in [0.1, 0.15) is 25.3 Å². The van der Waals surface area contributed by atoms with Gasteiger partial charge in [0.1, 0.15) is 6.61 Å². The zero-order valence-corrected chi connectivity index (χ0v) is 18.6. The Morgan fingerprint density at radius 2 is 2.23 bits per heavy atom. The van der Waals surface area contributed by atoms with Crippen LogP contribution in [0.3, 0.4) is 0 Å².